The smallest absolute Gasteiger partial charge is 0.338 e. The molecule has 1 N–H and O–H groups in total. The Bertz CT molecular complexity index is 657. The molecule has 6 nitrogen and oxygen atoms in total. The lowest BCUT2D eigenvalue weighted by Gasteiger charge is -2.11. The minimum absolute atomic E-state index is 0.0622. The molecule has 0 radical (unpaired) electrons. The van der Waals surface area contributed by atoms with E-state index < -0.39 is 5.97 Å². The number of hydrogen-bond acceptors (Lipinski definition) is 5. The van der Waals surface area contributed by atoms with Crippen LogP contribution in [-0.2, 0) is 9.53 Å². The molecule has 1 aromatic carbocycles. The highest BCUT2D eigenvalue weighted by molar-refractivity contribution is 5.94. The van der Waals surface area contributed by atoms with Crippen LogP contribution in [0.25, 0.3) is 11.0 Å². The number of nitrogens with zero attached hydrogens (tertiary/aromatic N) is 2. The molecule has 1 heterocycles. The number of carbonyl (C=O) groups is 2. The minimum atomic E-state index is -0.554. The molecule has 21 heavy (non-hydrogen) atoms. The second-order valence-corrected chi connectivity index (χ2v) is 4.71. The molecule has 0 saturated carbocycles. The summed E-state index contributed by atoms with van der Waals surface area (Å²) in [4.78, 5) is 31.7. The van der Waals surface area contributed by atoms with E-state index in [2.05, 4.69) is 15.3 Å². The molecule has 0 bridgehead atoms. The number of esters is 1. The maximum Gasteiger partial charge on any atom is 0.338 e. The lowest BCUT2D eigenvalue weighted by Crippen LogP contribution is -2.35. The SMILES string of the molecule is CC[C@H](C)NC(=O)COC(=O)c1ccc2nccnc2c1. The Morgan fingerprint density at radius 1 is 1.24 bits per heavy atom. The van der Waals surface area contributed by atoms with Crippen LogP contribution in [0.5, 0.6) is 0 Å². The normalized spacial score (nSPS) is 11.9. The Morgan fingerprint density at radius 3 is 2.67 bits per heavy atom. The summed E-state index contributed by atoms with van der Waals surface area (Å²) in [6.45, 7) is 3.57. The van der Waals surface area contributed by atoms with Crippen molar-refractivity contribution in [2.45, 2.75) is 26.3 Å². The molecule has 0 fully saturated rings. The van der Waals surface area contributed by atoms with Gasteiger partial charge in [-0.05, 0) is 31.5 Å². The van der Waals surface area contributed by atoms with Crippen LogP contribution >= 0.6 is 0 Å². The third-order valence-corrected chi connectivity index (χ3v) is 3.06. The van der Waals surface area contributed by atoms with E-state index in [1.54, 1.807) is 30.6 Å². The molecule has 2 rings (SSSR count). The average Bonchev–Trinajstić information content (AvgIpc) is 2.51. The average molecular weight is 287 g/mol. The molecule has 1 amide bonds. The van der Waals surface area contributed by atoms with Gasteiger partial charge in [0.15, 0.2) is 6.61 Å². The summed E-state index contributed by atoms with van der Waals surface area (Å²) in [6.07, 6.45) is 3.96. The van der Waals surface area contributed by atoms with Crippen LogP contribution in [0.15, 0.2) is 30.6 Å². The van der Waals surface area contributed by atoms with Crippen LogP contribution in [0.3, 0.4) is 0 Å². The van der Waals surface area contributed by atoms with Crippen molar-refractivity contribution in [1.29, 1.82) is 0 Å². The summed E-state index contributed by atoms with van der Waals surface area (Å²) in [5, 5.41) is 2.73. The van der Waals surface area contributed by atoms with Gasteiger partial charge in [-0.2, -0.15) is 0 Å². The highest BCUT2D eigenvalue weighted by atomic mass is 16.5. The fourth-order valence-corrected chi connectivity index (χ4v) is 1.72. The number of ether oxygens (including phenoxy) is 1. The standard InChI is InChI=1S/C15H17N3O3/c1-3-10(2)18-14(19)9-21-15(20)11-4-5-12-13(8-11)17-7-6-16-12/h4-8,10H,3,9H2,1-2H3,(H,18,19)/t10-/m0/s1. The first-order chi connectivity index (χ1) is 10.1. The molecule has 6 heteroatoms. The highest BCUT2D eigenvalue weighted by Gasteiger charge is 2.12. The molecule has 0 spiro atoms. The summed E-state index contributed by atoms with van der Waals surface area (Å²) in [7, 11) is 0. The molecular weight excluding hydrogens is 270 g/mol. The zero-order valence-corrected chi connectivity index (χ0v) is 12.0. The highest BCUT2D eigenvalue weighted by Crippen LogP contribution is 2.11. The Morgan fingerprint density at radius 2 is 1.95 bits per heavy atom. The van der Waals surface area contributed by atoms with Gasteiger partial charge in [0, 0.05) is 18.4 Å². The van der Waals surface area contributed by atoms with Crippen molar-refractivity contribution in [3.8, 4) is 0 Å². The maximum atomic E-state index is 11.9. The van der Waals surface area contributed by atoms with Crippen molar-refractivity contribution < 1.29 is 14.3 Å². The first-order valence-electron chi connectivity index (χ1n) is 6.77. The lowest BCUT2D eigenvalue weighted by atomic mass is 10.2. The van der Waals surface area contributed by atoms with E-state index in [-0.39, 0.29) is 18.6 Å². The van der Waals surface area contributed by atoms with Gasteiger partial charge < -0.3 is 10.1 Å². The first-order valence-corrected chi connectivity index (χ1v) is 6.77. The quantitative estimate of drug-likeness (QED) is 0.846. The Balaban J connectivity index is 1.97. The van der Waals surface area contributed by atoms with E-state index in [1.165, 1.54) is 0 Å². The predicted octanol–water partition coefficient (Wildman–Crippen LogP) is 1.70. The molecule has 110 valence electrons. The maximum absolute atomic E-state index is 11.9. The first kappa shape index (κ1) is 14.9. The van der Waals surface area contributed by atoms with Crippen LogP contribution in [-0.4, -0.2) is 34.5 Å². The van der Waals surface area contributed by atoms with Crippen molar-refractivity contribution in [1.82, 2.24) is 15.3 Å². The van der Waals surface area contributed by atoms with Gasteiger partial charge in [0.1, 0.15) is 0 Å². The van der Waals surface area contributed by atoms with Crippen LogP contribution in [0.1, 0.15) is 30.6 Å². The van der Waals surface area contributed by atoms with Crippen molar-refractivity contribution >= 4 is 22.9 Å². The molecule has 0 aliphatic heterocycles. The Kier molecular flexibility index (Phi) is 4.81. The van der Waals surface area contributed by atoms with Gasteiger partial charge in [0.25, 0.3) is 5.91 Å². The zero-order valence-electron chi connectivity index (χ0n) is 12.0. The van der Waals surface area contributed by atoms with E-state index in [0.29, 0.717) is 16.6 Å². The van der Waals surface area contributed by atoms with Gasteiger partial charge >= 0.3 is 5.97 Å². The number of fused-ring (bicyclic) bond motifs is 1. The van der Waals surface area contributed by atoms with E-state index >= 15 is 0 Å². The summed E-state index contributed by atoms with van der Waals surface area (Å²) >= 11 is 0. The van der Waals surface area contributed by atoms with E-state index in [4.69, 9.17) is 4.74 Å². The van der Waals surface area contributed by atoms with Gasteiger partial charge in [0.2, 0.25) is 0 Å². The van der Waals surface area contributed by atoms with Crippen LogP contribution < -0.4 is 5.32 Å². The second-order valence-electron chi connectivity index (χ2n) is 4.71. The fourth-order valence-electron chi connectivity index (χ4n) is 1.72. The van der Waals surface area contributed by atoms with Gasteiger partial charge in [-0.1, -0.05) is 6.92 Å². The van der Waals surface area contributed by atoms with Crippen molar-refractivity contribution in [3.05, 3.63) is 36.2 Å². The number of amides is 1. The minimum Gasteiger partial charge on any atom is -0.452 e. The molecule has 2 aromatic rings. The Labute approximate surface area is 122 Å². The van der Waals surface area contributed by atoms with E-state index in [1.807, 2.05) is 13.8 Å². The van der Waals surface area contributed by atoms with Gasteiger partial charge in [-0.15, -0.1) is 0 Å². The van der Waals surface area contributed by atoms with Crippen molar-refractivity contribution in [2.24, 2.45) is 0 Å². The van der Waals surface area contributed by atoms with E-state index in [0.717, 1.165) is 6.42 Å². The molecular formula is C15H17N3O3. The summed E-state index contributed by atoms with van der Waals surface area (Å²) in [5.41, 5.74) is 1.65. The fraction of sp³-hybridized carbons (Fsp3) is 0.333. The monoisotopic (exact) mass is 287 g/mol. The van der Waals surface area contributed by atoms with Gasteiger partial charge in [-0.3, -0.25) is 14.8 Å². The molecule has 1 atom stereocenters. The second kappa shape index (κ2) is 6.78. The van der Waals surface area contributed by atoms with Gasteiger partial charge in [0.05, 0.1) is 16.6 Å². The lowest BCUT2D eigenvalue weighted by molar-refractivity contribution is -0.124. The van der Waals surface area contributed by atoms with E-state index in [9.17, 15) is 9.59 Å². The number of carbonyl (C=O) groups excluding carboxylic acids is 2. The zero-order chi connectivity index (χ0) is 15.2. The Hall–Kier alpha value is -2.50. The largest absolute Gasteiger partial charge is 0.452 e. The molecule has 0 aliphatic carbocycles. The number of nitrogens with one attached hydrogen (secondary N) is 1. The third kappa shape index (κ3) is 3.98. The summed E-state index contributed by atoms with van der Waals surface area (Å²) in [5.74, 6) is -0.861. The van der Waals surface area contributed by atoms with Crippen molar-refractivity contribution in [3.63, 3.8) is 0 Å². The third-order valence-electron chi connectivity index (χ3n) is 3.06. The number of hydrogen-bond donors (Lipinski definition) is 1. The van der Waals surface area contributed by atoms with Crippen LogP contribution in [0.4, 0.5) is 0 Å². The van der Waals surface area contributed by atoms with Crippen LogP contribution in [0.2, 0.25) is 0 Å². The van der Waals surface area contributed by atoms with Crippen LogP contribution in [0, 0.1) is 0 Å². The summed E-state index contributed by atoms with van der Waals surface area (Å²) < 4.78 is 4.99. The molecule has 0 aliphatic rings. The number of aromatic nitrogens is 2. The molecule has 0 unspecified atom stereocenters. The molecule has 0 saturated heterocycles. The van der Waals surface area contributed by atoms with Crippen molar-refractivity contribution in [2.75, 3.05) is 6.61 Å². The number of rotatable bonds is 5. The van der Waals surface area contributed by atoms with Gasteiger partial charge in [-0.25, -0.2) is 4.79 Å². The molecule has 1 aromatic heterocycles. The predicted molar refractivity (Wildman–Crippen MR) is 77.7 cm³/mol. The summed E-state index contributed by atoms with van der Waals surface area (Å²) in [6, 6.07) is 4.95. The number of benzene rings is 1. The topological polar surface area (TPSA) is 81.2 Å².